The summed E-state index contributed by atoms with van der Waals surface area (Å²) < 4.78 is 5.53. The number of para-hydroxylation sites is 1. The van der Waals surface area contributed by atoms with Gasteiger partial charge in [-0.2, -0.15) is 0 Å². The maximum atomic E-state index is 12.0. The van der Waals surface area contributed by atoms with Gasteiger partial charge in [-0.3, -0.25) is 14.9 Å². The van der Waals surface area contributed by atoms with Crippen LogP contribution >= 0.6 is 0 Å². The van der Waals surface area contributed by atoms with Gasteiger partial charge in [-0.25, -0.2) is 0 Å². The van der Waals surface area contributed by atoms with Crippen molar-refractivity contribution >= 4 is 11.6 Å². The van der Waals surface area contributed by atoms with E-state index in [-0.39, 0.29) is 29.0 Å². The summed E-state index contributed by atoms with van der Waals surface area (Å²) in [6.45, 7) is 0. The Morgan fingerprint density at radius 1 is 1.44 bits per heavy atom. The van der Waals surface area contributed by atoms with E-state index in [1.165, 1.54) is 17.0 Å². The van der Waals surface area contributed by atoms with E-state index in [0.29, 0.717) is 0 Å². The van der Waals surface area contributed by atoms with E-state index in [4.69, 9.17) is 4.74 Å². The summed E-state index contributed by atoms with van der Waals surface area (Å²) in [6, 6.07) is 4.39. The molecule has 1 aliphatic carbocycles. The highest BCUT2D eigenvalue weighted by molar-refractivity contribution is 5.98. The highest BCUT2D eigenvalue weighted by atomic mass is 16.6. The van der Waals surface area contributed by atoms with Crippen LogP contribution in [0.2, 0.25) is 0 Å². The summed E-state index contributed by atoms with van der Waals surface area (Å²) >= 11 is 0. The van der Waals surface area contributed by atoms with Gasteiger partial charge in [0.1, 0.15) is 0 Å². The second-order valence-electron chi connectivity index (χ2n) is 4.43. The van der Waals surface area contributed by atoms with Crippen LogP contribution in [-0.4, -0.2) is 35.9 Å². The first kappa shape index (κ1) is 12.3. The third-order valence-corrected chi connectivity index (χ3v) is 2.64. The smallest absolute Gasteiger partial charge is 0.311 e. The van der Waals surface area contributed by atoms with E-state index in [0.717, 1.165) is 12.8 Å². The number of hydrogen-bond donors (Lipinski definition) is 0. The number of benzene rings is 1. The largest absolute Gasteiger partial charge is 0.483 e. The Labute approximate surface area is 104 Å². The topological polar surface area (TPSA) is 72.7 Å². The molecular weight excluding hydrogens is 236 g/mol. The average molecular weight is 250 g/mol. The van der Waals surface area contributed by atoms with Crippen molar-refractivity contribution < 1.29 is 14.5 Å². The first-order valence-electron chi connectivity index (χ1n) is 5.66. The Morgan fingerprint density at radius 3 is 2.61 bits per heavy atom. The molecule has 0 saturated heterocycles. The molecule has 0 spiro atoms. The van der Waals surface area contributed by atoms with Crippen LogP contribution in [0.25, 0.3) is 0 Å². The van der Waals surface area contributed by atoms with E-state index in [1.54, 1.807) is 20.2 Å². The lowest BCUT2D eigenvalue weighted by Gasteiger charge is -2.14. The fraction of sp³-hybridized carbons (Fsp3) is 0.417. The van der Waals surface area contributed by atoms with E-state index in [2.05, 4.69) is 0 Å². The first-order valence-corrected chi connectivity index (χ1v) is 5.66. The molecule has 2 rings (SSSR count). The minimum Gasteiger partial charge on any atom is -0.483 e. The molecular formula is C12H14N2O4. The Morgan fingerprint density at radius 2 is 2.11 bits per heavy atom. The summed E-state index contributed by atoms with van der Waals surface area (Å²) in [5, 5.41) is 11.0. The summed E-state index contributed by atoms with van der Waals surface area (Å²) in [5.41, 5.74) is 0.0794. The maximum Gasteiger partial charge on any atom is 0.311 e. The van der Waals surface area contributed by atoms with Gasteiger partial charge in [0.2, 0.25) is 5.75 Å². The number of carbonyl (C=O) groups is 1. The molecule has 0 unspecified atom stereocenters. The number of nitrogens with zero attached hydrogens (tertiary/aromatic N) is 2. The monoisotopic (exact) mass is 250 g/mol. The molecule has 1 amide bonds. The van der Waals surface area contributed by atoms with Gasteiger partial charge in [0.25, 0.3) is 5.91 Å². The first-order chi connectivity index (χ1) is 8.50. The number of rotatable bonds is 4. The fourth-order valence-electron chi connectivity index (χ4n) is 1.55. The zero-order valence-corrected chi connectivity index (χ0v) is 10.3. The van der Waals surface area contributed by atoms with Crippen molar-refractivity contribution in [2.75, 3.05) is 14.1 Å². The van der Waals surface area contributed by atoms with Crippen molar-refractivity contribution in [3.63, 3.8) is 0 Å². The zero-order valence-electron chi connectivity index (χ0n) is 10.3. The number of ether oxygens (including phenoxy) is 1. The third-order valence-electron chi connectivity index (χ3n) is 2.64. The van der Waals surface area contributed by atoms with Gasteiger partial charge in [0, 0.05) is 20.2 Å². The molecule has 6 heteroatoms. The Bertz CT molecular complexity index is 495. The van der Waals surface area contributed by atoms with Crippen LogP contribution in [0.3, 0.4) is 0 Å². The number of amides is 1. The molecule has 0 N–H and O–H groups in total. The molecule has 1 aromatic carbocycles. The summed E-state index contributed by atoms with van der Waals surface area (Å²) in [7, 11) is 3.20. The van der Waals surface area contributed by atoms with Crippen LogP contribution in [0.5, 0.6) is 5.75 Å². The Hall–Kier alpha value is -2.11. The molecule has 1 saturated carbocycles. The van der Waals surface area contributed by atoms with Crippen molar-refractivity contribution in [3.8, 4) is 5.75 Å². The van der Waals surface area contributed by atoms with Crippen LogP contribution in [0.1, 0.15) is 23.2 Å². The Kier molecular flexibility index (Phi) is 3.18. The van der Waals surface area contributed by atoms with E-state index >= 15 is 0 Å². The molecule has 0 aromatic heterocycles. The van der Waals surface area contributed by atoms with Crippen LogP contribution in [0.15, 0.2) is 18.2 Å². The average Bonchev–Trinajstić information content (AvgIpc) is 3.11. The summed E-state index contributed by atoms with van der Waals surface area (Å²) in [6.07, 6.45) is 1.75. The van der Waals surface area contributed by atoms with Crippen molar-refractivity contribution in [1.82, 2.24) is 4.90 Å². The van der Waals surface area contributed by atoms with Crippen LogP contribution in [-0.2, 0) is 0 Å². The molecule has 96 valence electrons. The van der Waals surface area contributed by atoms with Gasteiger partial charge in [0.15, 0.2) is 0 Å². The van der Waals surface area contributed by atoms with E-state index in [1.807, 2.05) is 0 Å². The van der Waals surface area contributed by atoms with Gasteiger partial charge in [-0.1, -0.05) is 6.07 Å². The SMILES string of the molecule is CN(C)C(=O)c1cccc([N+](=O)[O-])c1OC1CC1. The lowest BCUT2D eigenvalue weighted by Crippen LogP contribution is -2.23. The van der Waals surface area contributed by atoms with Crippen molar-refractivity contribution in [2.45, 2.75) is 18.9 Å². The van der Waals surface area contributed by atoms with Crippen molar-refractivity contribution in [2.24, 2.45) is 0 Å². The highest BCUT2D eigenvalue weighted by Gasteiger charge is 2.31. The molecule has 0 radical (unpaired) electrons. The normalized spacial score (nSPS) is 14.1. The van der Waals surface area contributed by atoms with Crippen LogP contribution < -0.4 is 4.74 Å². The number of nitro groups is 1. The quantitative estimate of drug-likeness (QED) is 0.603. The Balaban J connectivity index is 2.46. The number of hydrogen-bond acceptors (Lipinski definition) is 4. The lowest BCUT2D eigenvalue weighted by molar-refractivity contribution is -0.386. The fourth-order valence-corrected chi connectivity index (χ4v) is 1.55. The van der Waals surface area contributed by atoms with Gasteiger partial charge in [0.05, 0.1) is 16.6 Å². The predicted molar refractivity (Wildman–Crippen MR) is 64.8 cm³/mol. The molecule has 6 nitrogen and oxygen atoms in total. The van der Waals surface area contributed by atoms with E-state index in [9.17, 15) is 14.9 Å². The van der Waals surface area contributed by atoms with Crippen molar-refractivity contribution in [3.05, 3.63) is 33.9 Å². The van der Waals surface area contributed by atoms with Gasteiger partial charge in [-0.05, 0) is 18.9 Å². The summed E-state index contributed by atoms with van der Waals surface area (Å²) in [5.74, 6) is -0.210. The molecule has 1 fully saturated rings. The second-order valence-corrected chi connectivity index (χ2v) is 4.43. The molecule has 0 aliphatic heterocycles. The molecule has 1 aliphatic rings. The maximum absolute atomic E-state index is 12.0. The summed E-state index contributed by atoms with van der Waals surface area (Å²) in [4.78, 5) is 23.8. The van der Waals surface area contributed by atoms with Crippen LogP contribution in [0.4, 0.5) is 5.69 Å². The molecule has 18 heavy (non-hydrogen) atoms. The standard InChI is InChI=1S/C12H14N2O4/c1-13(2)12(15)9-4-3-5-10(14(16)17)11(9)18-8-6-7-8/h3-5,8H,6-7H2,1-2H3. The molecule has 1 aromatic rings. The third kappa shape index (κ3) is 2.42. The van der Waals surface area contributed by atoms with Gasteiger partial charge in [-0.15, -0.1) is 0 Å². The molecule has 0 bridgehead atoms. The lowest BCUT2D eigenvalue weighted by atomic mass is 10.1. The minimum atomic E-state index is -0.524. The number of carbonyl (C=O) groups excluding carboxylic acids is 1. The zero-order chi connectivity index (χ0) is 13.3. The minimum absolute atomic E-state index is 0.000174. The second kappa shape index (κ2) is 4.64. The van der Waals surface area contributed by atoms with Crippen molar-refractivity contribution in [1.29, 1.82) is 0 Å². The van der Waals surface area contributed by atoms with Gasteiger partial charge < -0.3 is 9.64 Å². The molecule has 0 heterocycles. The molecule has 0 atom stereocenters. The van der Waals surface area contributed by atoms with E-state index < -0.39 is 4.92 Å². The highest BCUT2D eigenvalue weighted by Crippen LogP contribution is 2.36. The number of nitro benzene ring substituents is 1. The predicted octanol–water partition coefficient (Wildman–Crippen LogP) is 1.84. The van der Waals surface area contributed by atoms with Crippen LogP contribution in [0, 0.1) is 10.1 Å². The van der Waals surface area contributed by atoms with Gasteiger partial charge >= 0.3 is 5.69 Å².